The Bertz CT molecular complexity index is 978. The van der Waals surface area contributed by atoms with E-state index in [1.54, 1.807) is 30.5 Å². The number of hydrogen-bond acceptors (Lipinski definition) is 4. The van der Waals surface area contributed by atoms with E-state index in [1.807, 2.05) is 6.07 Å². The molecule has 134 valence electrons. The Balaban J connectivity index is 2.10. The van der Waals surface area contributed by atoms with E-state index < -0.39 is 5.97 Å². The number of ether oxygens (including phenoxy) is 1. The summed E-state index contributed by atoms with van der Waals surface area (Å²) in [4.78, 5) is 32.2. The Morgan fingerprint density at radius 3 is 2.77 bits per heavy atom. The molecule has 5 nitrogen and oxygen atoms in total. The number of ketones is 1. The largest absolute Gasteiger partial charge is 0.469 e. The van der Waals surface area contributed by atoms with Crippen LogP contribution in [0, 0.1) is 0 Å². The van der Waals surface area contributed by atoms with E-state index in [9.17, 15) is 9.59 Å². The van der Waals surface area contributed by atoms with Gasteiger partial charge < -0.3 is 9.72 Å². The van der Waals surface area contributed by atoms with Crippen LogP contribution in [0.25, 0.3) is 10.9 Å². The van der Waals surface area contributed by atoms with E-state index in [-0.39, 0.29) is 12.2 Å². The average molecular weight is 371 g/mol. The molecule has 0 fully saturated rings. The highest BCUT2D eigenvalue weighted by Crippen LogP contribution is 2.27. The maximum absolute atomic E-state index is 13.1. The number of aromatic nitrogens is 2. The minimum atomic E-state index is -0.414. The summed E-state index contributed by atoms with van der Waals surface area (Å²) in [6.07, 6.45) is 3.49. The number of carbonyl (C=O) groups excluding carboxylic acids is 2. The minimum absolute atomic E-state index is 0.00609. The third kappa shape index (κ3) is 3.63. The first-order chi connectivity index (χ1) is 12.5. The Hall–Kier alpha value is -2.66. The number of halogens is 1. The number of fused-ring (bicyclic) bond motifs is 1. The zero-order valence-corrected chi connectivity index (χ0v) is 15.4. The number of nitrogens with one attached hydrogen (secondary N) is 1. The first-order valence-electron chi connectivity index (χ1n) is 8.40. The van der Waals surface area contributed by atoms with Crippen molar-refractivity contribution in [1.29, 1.82) is 0 Å². The van der Waals surface area contributed by atoms with Crippen molar-refractivity contribution < 1.29 is 14.3 Å². The standard InChI is InChI=1S/C20H19ClN2O3/c1-3-4-12-7-8-22-17(9-12)20(25)19-15(11-18(24)26-2)14-6-5-13(21)10-16(14)23-19/h5-10,23H,3-4,11H2,1-2H3. The number of methoxy groups -OCH3 is 1. The molecule has 0 aliphatic heterocycles. The van der Waals surface area contributed by atoms with Crippen LogP contribution in [0.1, 0.15) is 40.7 Å². The lowest BCUT2D eigenvalue weighted by atomic mass is 10.0. The topological polar surface area (TPSA) is 72.0 Å². The number of esters is 1. The van der Waals surface area contributed by atoms with Gasteiger partial charge in [0.05, 0.1) is 19.2 Å². The van der Waals surface area contributed by atoms with Gasteiger partial charge >= 0.3 is 5.97 Å². The van der Waals surface area contributed by atoms with Crippen molar-refractivity contribution >= 4 is 34.3 Å². The predicted molar refractivity (Wildman–Crippen MR) is 101 cm³/mol. The van der Waals surface area contributed by atoms with Crippen molar-refractivity contribution in [3.63, 3.8) is 0 Å². The quantitative estimate of drug-likeness (QED) is 0.523. The fraction of sp³-hybridized carbons (Fsp3) is 0.250. The van der Waals surface area contributed by atoms with E-state index in [0.717, 1.165) is 23.8 Å². The molecule has 0 radical (unpaired) electrons. The normalized spacial score (nSPS) is 10.9. The molecule has 0 saturated carbocycles. The summed E-state index contributed by atoms with van der Waals surface area (Å²) in [6.45, 7) is 2.08. The number of benzene rings is 1. The second kappa shape index (κ2) is 7.70. The summed E-state index contributed by atoms with van der Waals surface area (Å²) in [5, 5.41) is 1.32. The van der Waals surface area contributed by atoms with E-state index in [2.05, 4.69) is 16.9 Å². The summed E-state index contributed by atoms with van der Waals surface area (Å²) in [5.74, 6) is -0.670. The van der Waals surface area contributed by atoms with E-state index in [4.69, 9.17) is 16.3 Å². The molecule has 1 N–H and O–H groups in total. The highest BCUT2D eigenvalue weighted by atomic mass is 35.5. The highest BCUT2D eigenvalue weighted by molar-refractivity contribution is 6.31. The van der Waals surface area contributed by atoms with E-state index in [0.29, 0.717) is 27.5 Å². The van der Waals surface area contributed by atoms with Crippen LogP contribution in [0.2, 0.25) is 5.02 Å². The van der Waals surface area contributed by atoms with Crippen LogP contribution in [-0.2, 0) is 22.4 Å². The van der Waals surface area contributed by atoms with Gasteiger partial charge in [-0.1, -0.05) is 31.0 Å². The van der Waals surface area contributed by atoms with Crippen LogP contribution in [0.4, 0.5) is 0 Å². The lowest BCUT2D eigenvalue weighted by Gasteiger charge is -2.05. The molecule has 0 atom stereocenters. The van der Waals surface area contributed by atoms with Crippen LogP contribution >= 0.6 is 11.6 Å². The Kier molecular flexibility index (Phi) is 5.38. The first kappa shape index (κ1) is 18.1. The third-order valence-electron chi connectivity index (χ3n) is 4.24. The monoisotopic (exact) mass is 370 g/mol. The second-order valence-corrected chi connectivity index (χ2v) is 6.49. The van der Waals surface area contributed by atoms with Gasteiger partial charge in [0.15, 0.2) is 0 Å². The van der Waals surface area contributed by atoms with Gasteiger partial charge in [0.2, 0.25) is 5.78 Å². The summed E-state index contributed by atoms with van der Waals surface area (Å²) in [6, 6.07) is 8.96. The number of nitrogens with zero attached hydrogens (tertiary/aromatic N) is 1. The summed E-state index contributed by atoms with van der Waals surface area (Å²) < 4.78 is 4.78. The average Bonchev–Trinajstić information content (AvgIpc) is 2.98. The van der Waals surface area contributed by atoms with E-state index in [1.165, 1.54) is 7.11 Å². The molecule has 3 aromatic rings. The molecule has 0 saturated heterocycles. The van der Waals surface area contributed by atoms with Gasteiger partial charge in [0.1, 0.15) is 5.69 Å². The molecule has 0 spiro atoms. The number of H-pyrrole nitrogens is 1. The van der Waals surface area contributed by atoms with Crippen LogP contribution in [0.5, 0.6) is 0 Å². The molecule has 0 aliphatic rings. The minimum Gasteiger partial charge on any atom is -0.469 e. The van der Waals surface area contributed by atoms with Crippen molar-refractivity contribution in [3.8, 4) is 0 Å². The SMILES string of the molecule is CCCc1ccnc(C(=O)c2[nH]c3cc(Cl)ccc3c2CC(=O)OC)c1. The zero-order valence-electron chi connectivity index (χ0n) is 14.6. The Morgan fingerprint density at radius 1 is 1.23 bits per heavy atom. The molecule has 26 heavy (non-hydrogen) atoms. The van der Waals surface area contributed by atoms with Crippen molar-refractivity contribution in [3.05, 3.63) is 64.1 Å². The van der Waals surface area contributed by atoms with Crippen molar-refractivity contribution in [1.82, 2.24) is 9.97 Å². The number of carbonyl (C=O) groups is 2. The van der Waals surface area contributed by atoms with E-state index >= 15 is 0 Å². The summed E-state index contributed by atoms with van der Waals surface area (Å²) in [7, 11) is 1.32. The smallest absolute Gasteiger partial charge is 0.310 e. The zero-order chi connectivity index (χ0) is 18.7. The summed E-state index contributed by atoms with van der Waals surface area (Å²) >= 11 is 6.06. The molecule has 0 unspecified atom stereocenters. The molecule has 6 heteroatoms. The van der Waals surface area contributed by atoms with Crippen LogP contribution in [0.3, 0.4) is 0 Å². The second-order valence-electron chi connectivity index (χ2n) is 6.05. The Labute approximate surface area is 156 Å². The Morgan fingerprint density at radius 2 is 2.04 bits per heavy atom. The number of hydrogen-bond donors (Lipinski definition) is 1. The van der Waals surface area contributed by atoms with Gasteiger partial charge in [-0.2, -0.15) is 0 Å². The van der Waals surface area contributed by atoms with Crippen molar-refractivity contribution in [2.24, 2.45) is 0 Å². The number of aryl methyl sites for hydroxylation is 1. The molecule has 0 amide bonds. The number of pyridine rings is 1. The molecule has 0 aliphatic carbocycles. The molecule has 2 aromatic heterocycles. The lowest BCUT2D eigenvalue weighted by Crippen LogP contribution is -2.11. The summed E-state index contributed by atoms with van der Waals surface area (Å²) in [5.41, 5.74) is 3.04. The molecular weight excluding hydrogens is 352 g/mol. The van der Waals surface area contributed by atoms with Gasteiger partial charge in [-0.05, 0) is 36.2 Å². The third-order valence-corrected chi connectivity index (χ3v) is 4.47. The molecule has 1 aromatic carbocycles. The molecule has 2 heterocycles. The first-order valence-corrected chi connectivity index (χ1v) is 8.77. The van der Waals surface area contributed by atoms with Crippen molar-refractivity contribution in [2.75, 3.05) is 7.11 Å². The van der Waals surface area contributed by atoms with Gasteiger partial charge in [-0.3, -0.25) is 14.6 Å². The van der Waals surface area contributed by atoms with Crippen LogP contribution in [-0.4, -0.2) is 28.8 Å². The van der Waals surface area contributed by atoms with Crippen LogP contribution < -0.4 is 0 Å². The number of rotatable bonds is 6. The number of aromatic amines is 1. The predicted octanol–water partition coefficient (Wildman–Crippen LogP) is 4.12. The fourth-order valence-corrected chi connectivity index (χ4v) is 3.16. The van der Waals surface area contributed by atoms with Crippen LogP contribution in [0.15, 0.2) is 36.5 Å². The molecular formula is C20H19ClN2O3. The maximum Gasteiger partial charge on any atom is 0.310 e. The van der Waals surface area contributed by atoms with Crippen molar-refractivity contribution in [2.45, 2.75) is 26.2 Å². The molecule has 0 bridgehead atoms. The van der Waals surface area contributed by atoms with Gasteiger partial charge in [0.25, 0.3) is 0 Å². The van der Waals surface area contributed by atoms with Gasteiger partial charge in [-0.25, -0.2) is 0 Å². The fourth-order valence-electron chi connectivity index (χ4n) is 2.99. The lowest BCUT2D eigenvalue weighted by molar-refractivity contribution is -0.139. The molecule has 3 rings (SSSR count). The maximum atomic E-state index is 13.1. The highest BCUT2D eigenvalue weighted by Gasteiger charge is 2.22. The van der Waals surface area contributed by atoms with Gasteiger partial charge in [-0.15, -0.1) is 0 Å². The van der Waals surface area contributed by atoms with Gasteiger partial charge in [0, 0.05) is 27.7 Å².